The molecule has 5 heteroatoms. The molecule has 1 aliphatic rings. The maximum absolute atomic E-state index is 12.8. The number of halogens is 2. The van der Waals surface area contributed by atoms with Crippen molar-refractivity contribution < 1.29 is 8.78 Å². The number of pyridine rings is 1. The second kappa shape index (κ2) is 5.21. The van der Waals surface area contributed by atoms with Crippen molar-refractivity contribution >= 4 is 5.69 Å². The van der Waals surface area contributed by atoms with E-state index < -0.39 is 0 Å². The predicted molar refractivity (Wildman–Crippen MR) is 58.6 cm³/mol. The molecule has 0 saturated carbocycles. The van der Waals surface area contributed by atoms with Crippen molar-refractivity contribution in [1.82, 2.24) is 9.88 Å². The van der Waals surface area contributed by atoms with Crippen LogP contribution in [0.3, 0.4) is 0 Å². The lowest BCUT2D eigenvalue weighted by molar-refractivity contribution is 0.155. The molecule has 0 atom stereocenters. The fourth-order valence-corrected chi connectivity index (χ4v) is 1.85. The molecule has 16 heavy (non-hydrogen) atoms. The van der Waals surface area contributed by atoms with Gasteiger partial charge in [-0.3, -0.25) is 14.3 Å². The van der Waals surface area contributed by atoms with E-state index in [1.807, 2.05) is 0 Å². The van der Waals surface area contributed by atoms with Crippen LogP contribution in [0.5, 0.6) is 0 Å². The largest absolute Gasteiger partial charge is 0.378 e. The molecule has 1 N–H and O–H groups in total. The molecule has 0 aliphatic carbocycles. The zero-order valence-electron chi connectivity index (χ0n) is 9.00. The summed E-state index contributed by atoms with van der Waals surface area (Å²) in [5, 5.41) is 3.19. The van der Waals surface area contributed by atoms with Crippen LogP contribution in [0.2, 0.25) is 0 Å². The number of nitrogens with zero attached hydrogens (tertiary/aromatic N) is 2. The zero-order chi connectivity index (χ0) is 11.4. The van der Waals surface area contributed by atoms with Gasteiger partial charge < -0.3 is 5.32 Å². The van der Waals surface area contributed by atoms with Crippen LogP contribution < -0.4 is 5.32 Å². The van der Waals surface area contributed by atoms with Crippen molar-refractivity contribution in [3.63, 3.8) is 0 Å². The second-order valence-electron chi connectivity index (χ2n) is 4.04. The lowest BCUT2D eigenvalue weighted by atomic mass is 10.1. The smallest absolute Gasteiger partial charge is 0.143 e. The van der Waals surface area contributed by atoms with Gasteiger partial charge in [0.05, 0.1) is 30.8 Å². The fraction of sp³-hybridized carbons (Fsp3) is 0.545. The Bertz CT molecular complexity index is 340. The van der Waals surface area contributed by atoms with Crippen molar-refractivity contribution in [2.75, 3.05) is 31.6 Å². The Morgan fingerprint density at radius 2 is 2.25 bits per heavy atom. The maximum Gasteiger partial charge on any atom is 0.143 e. The summed E-state index contributed by atoms with van der Waals surface area (Å²) in [6.07, 6.45) is 3.38. The average Bonchev–Trinajstić information content (AvgIpc) is 2.21. The molecule has 1 saturated heterocycles. The van der Waals surface area contributed by atoms with Crippen LogP contribution >= 0.6 is 0 Å². The first-order chi connectivity index (χ1) is 7.78. The summed E-state index contributed by atoms with van der Waals surface area (Å²) in [6, 6.07) is 1.75. The maximum atomic E-state index is 12.8. The first-order valence-electron chi connectivity index (χ1n) is 5.43. The summed E-state index contributed by atoms with van der Waals surface area (Å²) in [5.74, 6) is -0.335. The van der Waals surface area contributed by atoms with Crippen LogP contribution in [0.4, 0.5) is 14.5 Å². The number of hydrogen-bond acceptors (Lipinski definition) is 3. The lowest BCUT2D eigenvalue weighted by Crippen LogP contribution is -2.54. The quantitative estimate of drug-likeness (QED) is 0.829. The molecule has 0 radical (unpaired) electrons. The van der Waals surface area contributed by atoms with Crippen molar-refractivity contribution in [2.45, 2.75) is 12.5 Å². The Morgan fingerprint density at radius 1 is 1.44 bits per heavy atom. The van der Waals surface area contributed by atoms with Gasteiger partial charge in [0, 0.05) is 25.7 Å². The Balaban J connectivity index is 1.73. The van der Waals surface area contributed by atoms with Crippen molar-refractivity contribution in [1.29, 1.82) is 0 Å². The second-order valence-corrected chi connectivity index (χ2v) is 4.04. The molecule has 88 valence electrons. The fourth-order valence-electron chi connectivity index (χ4n) is 1.85. The third kappa shape index (κ3) is 2.88. The molecule has 1 aliphatic heterocycles. The minimum atomic E-state index is -0.335. The molecule has 0 aromatic carbocycles. The molecular formula is C11H15F2N3. The SMILES string of the molecule is FCCCN1CC(Nc2cncc(F)c2)C1. The molecule has 0 amide bonds. The third-order valence-electron chi connectivity index (χ3n) is 2.64. The minimum Gasteiger partial charge on any atom is -0.378 e. The van der Waals surface area contributed by atoms with Gasteiger partial charge in [0.15, 0.2) is 0 Å². The minimum absolute atomic E-state index is 0.261. The van der Waals surface area contributed by atoms with E-state index in [1.54, 1.807) is 6.20 Å². The van der Waals surface area contributed by atoms with E-state index in [0.29, 0.717) is 18.2 Å². The van der Waals surface area contributed by atoms with Crippen molar-refractivity contribution in [3.05, 3.63) is 24.3 Å². The Labute approximate surface area is 93.5 Å². The van der Waals surface area contributed by atoms with Crippen molar-refractivity contribution in [2.24, 2.45) is 0 Å². The van der Waals surface area contributed by atoms with E-state index in [4.69, 9.17) is 0 Å². The summed E-state index contributed by atoms with van der Waals surface area (Å²) in [4.78, 5) is 5.93. The molecule has 2 rings (SSSR count). The van der Waals surface area contributed by atoms with Gasteiger partial charge in [-0.1, -0.05) is 0 Å². The van der Waals surface area contributed by atoms with Gasteiger partial charge >= 0.3 is 0 Å². The van der Waals surface area contributed by atoms with Gasteiger partial charge in [0.2, 0.25) is 0 Å². The summed E-state index contributed by atoms with van der Waals surface area (Å²) in [7, 11) is 0. The first kappa shape index (κ1) is 11.3. The van der Waals surface area contributed by atoms with Gasteiger partial charge in [-0.15, -0.1) is 0 Å². The Morgan fingerprint density at radius 3 is 2.94 bits per heavy atom. The number of alkyl halides is 1. The van der Waals surface area contributed by atoms with Gasteiger partial charge in [0.1, 0.15) is 5.82 Å². The van der Waals surface area contributed by atoms with E-state index in [1.165, 1.54) is 12.3 Å². The average molecular weight is 227 g/mol. The van der Waals surface area contributed by atoms with Gasteiger partial charge in [-0.05, 0) is 6.42 Å². The lowest BCUT2D eigenvalue weighted by Gasteiger charge is -2.39. The summed E-state index contributed by atoms with van der Waals surface area (Å²) in [6.45, 7) is 2.31. The van der Waals surface area contributed by atoms with E-state index in [-0.39, 0.29) is 12.5 Å². The number of nitrogens with one attached hydrogen (secondary N) is 1. The Hall–Kier alpha value is -1.23. The summed E-state index contributed by atoms with van der Waals surface area (Å²) in [5.41, 5.74) is 0.704. The highest BCUT2D eigenvalue weighted by atomic mass is 19.1. The molecule has 2 heterocycles. The van der Waals surface area contributed by atoms with E-state index in [9.17, 15) is 8.78 Å². The van der Waals surface area contributed by atoms with E-state index in [2.05, 4.69) is 15.2 Å². The standard InChI is InChI=1S/C11H15F2N3/c12-2-1-3-16-7-11(8-16)15-10-4-9(13)5-14-6-10/h4-6,11,15H,1-3,7-8H2. The van der Waals surface area contributed by atoms with Gasteiger partial charge in [-0.2, -0.15) is 0 Å². The highest BCUT2D eigenvalue weighted by molar-refractivity contribution is 5.42. The highest BCUT2D eigenvalue weighted by Crippen LogP contribution is 2.15. The summed E-state index contributed by atoms with van der Waals surface area (Å²) < 4.78 is 24.7. The van der Waals surface area contributed by atoms with Gasteiger partial charge in [0.25, 0.3) is 0 Å². The number of aromatic nitrogens is 1. The van der Waals surface area contributed by atoms with Crippen LogP contribution in [0, 0.1) is 5.82 Å². The zero-order valence-corrected chi connectivity index (χ0v) is 9.00. The number of rotatable bonds is 5. The van der Waals surface area contributed by atoms with Crippen LogP contribution in [0.25, 0.3) is 0 Å². The van der Waals surface area contributed by atoms with Crippen molar-refractivity contribution in [3.8, 4) is 0 Å². The monoisotopic (exact) mass is 227 g/mol. The van der Waals surface area contributed by atoms with Crippen LogP contribution in [-0.2, 0) is 0 Å². The molecule has 0 spiro atoms. The normalized spacial score (nSPS) is 17.1. The van der Waals surface area contributed by atoms with Gasteiger partial charge in [-0.25, -0.2) is 4.39 Å². The molecular weight excluding hydrogens is 212 g/mol. The highest BCUT2D eigenvalue weighted by Gasteiger charge is 2.25. The van der Waals surface area contributed by atoms with Crippen LogP contribution in [-0.4, -0.2) is 42.2 Å². The van der Waals surface area contributed by atoms with E-state index in [0.717, 1.165) is 19.6 Å². The molecule has 3 nitrogen and oxygen atoms in total. The predicted octanol–water partition coefficient (Wildman–Crippen LogP) is 1.68. The molecule has 0 unspecified atom stereocenters. The third-order valence-corrected chi connectivity index (χ3v) is 2.64. The number of likely N-dealkylation sites (tertiary alicyclic amines) is 1. The number of anilines is 1. The molecule has 0 bridgehead atoms. The Kier molecular flexibility index (Phi) is 3.66. The first-order valence-corrected chi connectivity index (χ1v) is 5.43. The van der Waals surface area contributed by atoms with E-state index >= 15 is 0 Å². The topological polar surface area (TPSA) is 28.2 Å². The summed E-state index contributed by atoms with van der Waals surface area (Å²) >= 11 is 0. The van der Waals surface area contributed by atoms with Crippen LogP contribution in [0.1, 0.15) is 6.42 Å². The molecule has 1 aromatic heterocycles. The number of hydrogen-bond donors (Lipinski definition) is 1. The molecule has 1 aromatic rings. The molecule has 1 fully saturated rings. The van der Waals surface area contributed by atoms with Crippen LogP contribution in [0.15, 0.2) is 18.5 Å².